The third kappa shape index (κ3) is 5.98. The van der Waals surface area contributed by atoms with Crippen molar-refractivity contribution in [3.05, 3.63) is 35.4 Å². The second-order valence-electron chi connectivity index (χ2n) is 7.36. The highest BCUT2D eigenvalue weighted by molar-refractivity contribution is 5.36. The second-order valence-corrected chi connectivity index (χ2v) is 7.36. The highest BCUT2D eigenvalue weighted by Gasteiger charge is 2.13. The molecule has 2 aromatic rings. The molecule has 0 aliphatic carbocycles. The predicted molar refractivity (Wildman–Crippen MR) is 110 cm³/mol. The van der Waals surface area contributed by atoms with Crippen molar-refractivity contribution < 1.29 is 4.74 Å². The van der Waals surface area contributed by atoms with Crippen molar-refractivity contribution in [3.8, 4) is 5.75 Å². The van der Waals surface area contributed by atoms with Gasteiger partial charge in [0.1, 0.15) is 5.75 Å². The van der Waals surface area contributed by atoms with Gasteiger partial charge in [0, 0.05) is 24.7 Å². The Hall–Kier alpha value is -2.57. The van der Waals surface area contributed by atoms with E-state index in [-0.39, 0.29) is 18.1 Å². The summed E-state index contributed by atoms with van der Waals surface area (Å²) in [5, 5.41) is 6.73. The molecule has 0 spiro atoms. The number of anilines is 2. The number of aromatic nitrogens is 3. The van der Waals surface area contributed by atoms with E-state index in [4.69, 9.17) is 14.7 Å². The van der Waals surface area contributed by atoms with Crippen LogP contribution in [0.5, 0.6) is 5.75 Å². The summed E-state index contributed by atoms with van der Waals surface area (Å²) in [5.41, 5.74) is 1.80. The number of nitrogens with zero attached hydrogens (tertiary/aromatic N) is 4. The number of hydrogen-bond acceptors (Lipinski definition) is 6. The molecule has 0 fully saturated rings. The molecule has 0 aliphatic heterocycles. The number of hydrogen-bond donors (Lipinski definition) is 2. The molecule has 27 heavy (non-hydrogen) atoms. The van der Waals surface area contributed by atoms with E-state index in [1.165, 1.54) is 0 Å². The molecule has 0 saturated carbocycles. The third-order valence-electron chi connectivity index (χ3n) is 3.78. The van der Waals surface area contributed by atoms with Gasteiger partial charge >= 0.3 is 0 Å². The topological polar surface area (TPSA) is 76.4 Å². The summed E-state index contributed by atoms with van der Waals surface area (Å²) < 4.78 is 7.24. The summed E-state index contributed by atoms with van der Waals surface area (Å²) >= 11 is 0. The Morgan fingerprint density at radius 3 is 2.22 bits per heavy atom. The standard InChI is InChI=1S/C20H32N6O/c1-13(2)22-19-24-18(21-12-16-8-10-17(27-7)11-9-16)25-20(23-14(3)4)26(19)15(5)6/h8-11,13-15H,12H2,1-7H3,(H2,21,22,23,24,25). The molecule has 2 rings (SSSR count). The summed E-state index contributed by atoms with van der Waals surface area (Å²) in [7, 11) is 1.66. The largest absolute Gasteiger partial charge is 0.497 e. The fourth-order valence-electron chi connectivity index (χ4n) is 2.58. The number of benzene rings is 1. The van der Waals surface area contributed by atoms with Crippen LogP contribution >= 0.6 is 0 Å². The highest BCUT2D eigenvalue weighted by Crippen LogP contribution is 2.14. The van der Waals surface area contributed by atoms with Crippen LogP contribution in [0.3, 0.4) is 0 Å². The number of rotatable bonds is 8. The van der Waals surface area contributed by atoms with Crippen molar-refractivity contribution in [1.29, 1.82) is 0 Å². The van der Waals surface area contributed by atoms with Crippen molar-refractivity contribution in [2.75, 3.05) is 17.7 Å². The monoisotopic (exact) mass is 372 g/mol. The first kappa shape index (κ1) is 20.7. The summed E-state index contributed by atoms with van der Waals surface area (Å²) in [4.78, 5) is 14.1. The Bertz CT molecular complexity index is 793. The SMILES string of the molecule is COc1ccc(CNc2nc(NC(C)C)n(C(C)C)c(=NC(C)C)n2)cc1. The molecule has 0 aliphatic rings. The van der Waals surface area contributed by atoms with Crippen LogP contribution in [-0.2, 0) is 6.54 Å². The van der Waals surface area contributed by atoms with E-state index < -0.39 is 0 Å². The van der Waals surface area contributed by atoms with Gasteiger partial charge in [0.2, 0.25) is 17.5 Å². The van der Waals surface area contributed by atoms with Gasteiger partial charge < -0.3 is 15.4 Å². The molecule has 0 bridgehead atoms. The van der Waals surface area contributed by atoms with E-state index in [2.05, 4.69) is 43.3 Å². The molecule has 0 amide bonds. The van der Waals surface area contributed by atoms with Gasteiger partial charge in [-0.15, -0.1) is 0 Å². The van der Waals surface area contributed by atoms with Crippen molar-refractivity contribution >= 4 is 11.9 Å². The minimum Gasteiger partial charge on any atom is -0.497 e. The van der Waals surface area contributed by atoms with Gasteiger partial charge in [-0.25, -0.2) is 4.99 Å². The molecule has 2 N–H and O–H groups in total. The van der Waals surface area contributed by atoms with E-state index in [9.17, 15) is 0 Å². The van der Waals surface area contributed by atoms with Crippen molar-refractivity contribution in [1.82, 2.24) is 14.5 Å². The average molecular weight is 373 g/mol. The molecule has 0 saturated heterocycles. The maximum absolute atomic E-state index is 5.20. The average Bonchev–Trinajstić information content (AvgIpc) is 2.58. The van der Waals surface area contributed by atoms with Crippen LogP contribution in [-0.4, -0.2) is 33.7 Å². The smallest absolute Gasteiger partial charge is 0.231 e. The van der Waals surface area contributed by atoms with Gasteiger partial charge in [-0.2, -0.15) is 9.97 Å². The molecule has 1 heterocycles. The minimum absolute atomic E-state index is 0.145. The minimum atomic E-state index is 0.145. The number of ether oxygens (including phenoxy) is 1. The lowest BCUT2D eigenvalue weighted by atomic mass is 10.2. The summed E-state index contributed by atoms with van der Waals surface area (Å²) in [6, 6.07) is 8.53. The van der Waals surface area contributed by atoms with Gasteiger partial charge in [0.15, 0.2) is 0 Å². The third-order valence-corrected chi connectivity index (χ3v) is 3.78. The normalized spacial score (nSPS) is 12.1. The molecule has 7 nitrogen and oxygen atoms in total. The van der Waals surface area contributed by atoms with Crippen LogP contribution in [0, 0.1) is 0 Å². The lowest BCUT2D eigenvalue weighted by Crippen LogP contribution is -2.33. The van der Waals surface area contributed by atoms with Gasteiger partial charge in [0.05, 0.1) is 7.11 Å². The Kier molecular flexibility index (Phi) is 7.21. The maximum atomic E-state index is 5.20. The van der Waals surface area contributed by atoms with Gasteiger partial charge in [0.25, 0.3) is 0 Å². The van der Waals surface area contributed by atoms with E-state index in [1.807, 2.05) is 42.7 Å². The van der Waals surface area contributed by atoms with Crippen LogP contribution in [0.15, 0.2) is 29.3 Å². The Morgan fingerprint density at radius 1 is 1.04 bits per heavy atom. The van der Waals surface area contributed by atoms with Crippen molar-refractivity contribution in [2.45, 2.75) is 66.2 Å². The molecule has 0 unspecified atom stereocenters. The van der Waals surface area contributed by atoms with E-state index in [0.717, 1.165) is 17.3 Å². The first-order valence-electron chi connectivity index (χ1n) is 9.48. The molecule has 148 valence electrons. The predicted octanol–water partition coefficient (Wildman–Crippen LogP) is 3.61. The van der Waals surface area contributed by atoms with Gasteiger partial charge in [-0.05, 0) is 59.2 Å². The summed E-state index contributed by atoms with van der Waals surface area (Å²) in [5.74, 6) is 2.17. The molecule has 7 heteroatoms. The highest BCUT2D eigenvalue weighted by atomic mass is 16.5. The number of methoxy groups -OCH3 is 1. The quantitative estimate of drug-likeness (QED) is 0.740. The Labute approximate surface area is 161 Å². The Morgan fingerprint density at radius 2 is 1.70 bits per heavy atom. The first-order chi connectivity index (χ1) is 12.8. The van der Waals surface area contributed by atoms with Crippen LogP contribution < -0.4 is 21.0 Å². The maximum Gasteiger partial charge on any atom is 0.231 e. The van der Waals surface area contributed by atoms with E-state index in [1.54, 1.807) is 7.11 Å². The lowest BCUT2D eigenvalue weighted by Gasteiger charge is -2.20. The second kappa shape index (κ2) is 9.39. The molecule has 1 aromatic carbocycles. The zero-order valence-corrected chi connectivity index (χ0v) is 17.4. The van der Waals surface area contributed by atoms with Crippen LogP contribution in [0.2, 0.25) is 0 Å². The molecular weight excluding hydrogens is 340 g/mol. The van der Waals surface area contributed by atoms with Crippen LogP contribution in [0.25, 0.3) is 0 Å². The Balaban J connectivity index is 2.37. The van der Waals surface area contributed by atoms with E-state index in [0.29, 0.717) is 18.1 Å². The molecule has 0 radical (unpaired) electrons. The summed E-state index contributed by atoms with van der Waals surface area (Å²) in [6.07, 6.45) is 0. The molecule has 1 aromatic heterocycles. The first-order valence-corrected chi connectivity index (χ1v) is 9.48. The fourth-order valence-corrected chi connectivity index (χ4v) is 2.58. The number of nitrogens with one attached hydrogen (secondary N) is 2. The van der Waals surface area contributed by atoms with Gasteiger partial charge in [-0.3, -0.25) is 4.57 Å². The summed E-state index contributed by atoms with van der Waals surface area (Å²) in [6.45, 7) is 13.1. The van der Waals surface area contributed by atoms with Gasteiger partial charge in [-0.1, -0.05) is 12.1 Å². The van der Waals surface area contributed by atoms with E-state index >= 15 is 0 Å². The van der Waals surface area contributed by atoms with Crippen molar-refractivity contribution in [2.24, 2.45) is 4.99 Å². The molecular formula is C20H32N6O. The fraction of sp³-hybridized carbons (Fsp3) is 0.550. The van der Waals surface area contributed by atoms with Crippen molar-refractivity contribution in [3.63, 3.8) is 0 Å². The lowest BCUT2D eigenvalue weighted by molar-refractivity contribution is 0.414. The molecule has 0 atom stereocenters. The zero-order chi connectivity index (χ0) is 20.0. The zero-order valence-electron chi connectivity index (χ0n) is 17.4. The van der Waals surface area contributed by atoms with Crippen LogP contribution in [0.4, 0.5) is 11.9 Å². The van der Waals surface area contributed by atoms with Crippen LogP contribution in [0.1, 0.15) is 53.1 Å².